The Kier molecular flexibility index (Phi) is 6.14. The molecular formula is C24H19F2N3O4. The van der Waals surface area contributed by atoms with Crippen molar-refractivity contribution in [3.05, 3.63) is 99.5 Å². The van der Waals surface area contributed by atoms with Gasteiger partial charge in [0, 0.05) is 18.4 Å². The molecule has 0 saturated carbocycles. The van der Waals surface area contributed by atoms with Gasteiger partial charge in [0.05, 0.1) is 12.1 Å². The lowest BCUT2D eigenvalue weighted by molar-refractivity contribution is 0.0977. The number of fused-ring (bicyclic) bond motifs is 1. The molecule has 7 nitrogen and oxygen atoms in total. The summed E-state index contributed by atoms with van der Waals surface area (Å²) in [5.74, 6) is -2.33. The third-order valence-corrected chi connectivity index (χ3v) is 5.12. The zero-order valence-corrected chi connectivity index (χ0v) is 17.3. The van der Waals surface area contributed by atoms with Gasteiger partial charge in [0.15, 0.2) is 5.75 Å². The van der Waals surface area contributed by atoms with Gasteiger partial charge in [-0.15, -0.1) is 0 Å². The molecule has 3 N–H and O–H groups in total. The van der Waals surface area contributed by atoms with E-state index in [1.54, 1.807) is 18.2 Å². The third kappa shape index (κ3) is 4.58. The minimum absolute atomic E-state index is 0.0175. The Morgan fingerprint density at radius 3 is 2.27 bits per heavy atom. The maximum atomic E-state index is 13.3. The molecule has 1 amide bonds. The van der Waals surface area contributed by atoms with Gasteiger partial charge in [-0.3, -0.25) is 14.6 Å². The monoisotopic (exact) mass is 451 g/mol. The van der Waals surface area contributed by atoms with Gasteiger partial charge in [0.1, 0.15) is 22.7 Å². The lowest BCUT2D eigenvalue weighted by Gasteiger charge is -2.22. The van der Waals surface area contributed by atoms with Gasteiger partial charge in [-0.25, -0.2) is 8.78 Å². The van der Waals surface area contributed by atoms with Crippen LogP contribution in [-0.4, -0.2) is 39.2 Å². The van der Waals surface area contributed by atoms with Crippen molar-refractivity contribution in [3.8, 4) is 5.75 Å². The number of H-pyrrole nitrogens is 1. The predicted octanol–water partition coefficient (Wildman–Crippen LogP) is 3.14. The number of carbonyl (C=O) groups excluding carboxylic acids is 1. The van der Waals surface area contributed by atoms with Crippen LogP contribution in [0.3, 0.4) is 0 Å². The van der Waals surface area contributed by atoms with Gasteiger partial charge in [-0.05, 0) is 60.0 Å². The summed E-state index contributed by atoms with van der Waals surface area (Å²) in [6, 6.07) is 12.5. The van der Waals surface area contributed by atoms with E-state index < -0.39 is 35.2 Å². The van der Waals surface area contributed by atoms with Gasteiger partial charge in [0.2, 0.25) is 0 Å². The Morgan fingerprint density at radius 1 is 1.00 bits per heavy atom. The Hall–Kier alpha value is -4.11. The number of hydrogen-bond acceptors (Lipinski definition) is 5. The second-order valence-electron chi connectivity index (χ2n) is 7.38. The van der Waals surface area contributed by atoms with Crippen molar-refractivity contribution in [2.75, 3.05) is 18.1 Å². The average Bonchev–Trinajstić information content (AvgIpc) is 2.79. The Morgan fingerprint density at radius 2 is 1.64 bits per heavy atom. The van der Waals surface area contributed by atoms with Crippen molar-refractivity contribution in [2.24, 2.45) is 0 Å². The van der Waals surface area contributed by atoms with E-state index in [0.29, 0.717) is 12.0 Å². The maximum absolute atomic E-state index is 13.3. The standard InChI is InChI=1S/C24H19F2N3O4/c25-16-3-1-14(2-4-16)11-15-12-19-21(27-13-15)22(31)20(23(32)28-19)24(33)29(9-10-30)18-7-5-17(26)6-8-18/h1-8,12-13,30H,9-11H2,(H2,28,31,32). The second-order valence-corrected chi connectivity index (χ2v) is 7.38. The number of pyridine rings is 2. The quantitative estimate of drug-likeness (QED) is 0.418. The number of anilines is 1. The molecule has 4 rings (SSSR count). The molecule has 4 aromatic rings. The Bertz CT molecular complexity index is 1370. The molecule has 0 radical (unpaired) electrons. The van der Waals surface area contributed by atoms with Crippen LogP contribution < -0.4 is 10.5 Å². The number of aromatic hydroxyl groups is 1. The first-order valence-corrected chi connectivity index (χ1v) is 10.0. The van der Waals surface area contributed by atoms with Crippen LogP contribution in [0.5, 0.6) is 5.75 Å². The van der Waals surface area contributed by atoms with Gasteiger partial charge in [-0.1, -0.05) is 12.1 Å². The third-order valence-electron chi connectivity index (χ3n) is 5.12. The molecule has 0 saturated heterocycles. The molecule has 2 aromatic carbocycles. The predicted molar refractivity (Wildman–Crippen MR) is 118 cm³/mol. The first kappa shape index (κ1) is 22.1. The fraction of sp³-hybridized carbons (Fsp3) is 0.125. The first-order valence-electron chi connectivity index (χ1n) is 10.0. The van der Waals surface area contributed by atoms with E-state index in [1.165, 1.54) is 30.5 Å². The fourth-order valence-electron chi connectivity index (χ4n) is 3.54. The normalized spacial score (nSPS) is 11.0. The summed E-state index contributed by atoms with van der Waals surface area (Å²) in [6.07, 6.45) is 1.91. The van der Waals surface area contributed by atoms with Crippen LogP contribution in [0.25, 0.3) is 11.0 Å². The van der Waals surface area contributed by atoms with Crippen molar-refractivity contribution < 1.29 is 23.8 Å². The lowest BCUT2D eigenvalue weighted by Crippen LogP contribution is -2.37. The molecule has 33 heavy (non-hydrogen) atoms. The molecule has 0 unspecified atom stereocenters. The van der Waals surface area contributed by atoms with Crippen molar-refractivity contribution in [2.45, 2.75) is 6.42 Å². The molecule has 9 heteroatoms. The number of hydrogen-bond donors (Lipinski definition) is 3. The van der Waals surface area contributed by atoms with E-state index in [1.807, 2.05) is 0 Å². The number of nitrogens with zero attached hydrogens (tertiary/aromatic N) is 2. The zero-order valence-electron chi connectivity index (χ0n) is 17.3. The van der Waals surface area contributed by atoms with E-state index in [0.717, 1.165) is 22.6 Å². The largest absolute Gasteiger partial charge is 0.505 e. The van der Waals surface area contributed by atoms with E-state index >= 15 is 0 Å². The highest BCUT2D eigenvalue weighted by Gasteiger charge is 2.26. The van der Waals surface area contributed by atoms with Crippen LogP contribution >= 0.6 is 0 Å². The van der Waals surface area contributed by atoms with Crippen molar-refractivity contribution in [1.82, 2.24) is 9.97 Å². The molecule has 2 heterocycles. The number of aliphatic hydroxyl groups is 1. The van der Waals surface area contributed by atoms with Gasteiger partial charge < -0.3 is 20.1 Å². The molecule has 0 atom stereocenters. The molecule has 0 aliphatic rings. The van der Waals surface area contributed by atoms with Crippen molar-refractivity contribution >= 4 is 22.6 Å². The first-order chi connectivity index (χ1) is 15.9. The highest BCUT2D eigenvalue weighted by molar-refractivity contribution is 6.09. The topological polar surface area (TPSA) is 107 Å². The Balaban J connectivity index is 1.71. The van der Waals surface area contributed by atoms with E-state index in [9.17, 15) is 28.6 Å². The second kappa shape index (κ2) is 9.17. The fourth-order valence-corrected chi connectivity index (χ4v) is 3.54. The Labute approximate surface area is 186 Å². The van der Waals surface area contributed by atoms with Crippen LogP contribution in [0.1, 0.15) is 21.5 Å². The summed E-state index contributed by atoms with van der Waals surface area (Å²) in [5, 5.41) is 20.1. The summed E-state index contributed by atoms with van der Waals surface area (Å²) in [7, 11) is 0. The zero-order chi connectivity index (χ0) is 23.5. The summed E-state index contributed by atoms with van der Waals surface area (Å²) in [6.45, 7) is -0.591. The average molecular weight is 451 g/mol. The number of amides is 1. The summed E-state index contributed by atoms with van der Waals surface area (Å²) in [4.78, 5) is 33.7. The number of carbonyl (C=O) groups is 1. The summed E-state index contributed by atoms with van der Waals surface area (Å²) in [5.41, 5.74) is 0.645. The minimum Gasteiger partial charge on any atom is -0.505 e. The van der Waals surface area contributed by atoms with Crippen LogP contribution in [0, 0.1) is 11.6 Å². The number of aromatic amines is 1. The molecule has 0 aliphatic carbocycles. The maximum Gasteiger partial charge on any atom is 0.267 e. The number of rotatable bonds is 6. The number of aromatic nitrogens is 2. The lowest BCUT2D eigenvalue weighted by atomic mass is 10.1. The number of nitrogens with one attached hydrogen (secondary N) is 1. The number of aliphatic hydroxyl groups excluding tert-OH is 1. The van der Waals surface area contributed by atoms with Crippen molar-refractivity contribution in [1.29, 1.82) is 0 Å². The molecule has 0 aliphatic heterocycles. The summed E-state index contributed by atoms with van der Waals surface area (Å²) < 4.78 is 26.4. The van der Waals surface area contributed by atoms with Gasteiger partial charge >= 0.3 is 0 Å². The van der Waals surface area contributed by atoms with Crippen LogP contribution in [0.2, 0.25) is 0 Å². The molecule has 0 fully saturated rings. The van der Waals surface area contributed by atoms with Crippen LogP contribution in [0.4, 0.5) is 14.5 Å². The van der Waals surface area contributed by atoms with Crippen LogP contribution in [-0.2, 0) is 6.42 Å². The molecule has 2 aromatic heterocycles. The van der Waals surface area contributed by atoms with Crippen molar-refractivity contribution in [3.63, 3.8) is 0 Å². The van der Waals surface area contributed by atoms with E-state index in [4.69, 9.17) is 0 Å². The smallest absolute Gasteiger partial charge is 0.267 e. The molecular weight excluding hydrogens is 432 g/mol. The van der Waals surface area contributed by atoms with Gasteiger partial charge in [-0.2, -0.15) is 0 Å². The van der Waals surface area contributed by atoms with E-state index in [-0.39, 0.29) is 29.1 Å². The highest BCUT2D eigenvalue weighted by Crippen LogP contribution is 2.27. The molecule has 168 valence electrons. The van der Waals surface area contributed by atoms with E-state index in [2.05, 4.69) is 9.97 Å². The molecule has 0 spiro atoms. The summed E-state index contributed by atoms with van der Waals surface area (Å²) >= 11 is 0. The van der Waals surface area contributed by atoms with Crippen LogP contribution in [0.15, 0.2) is 65.6 Å². The molecule has 0 bridgehead atoms. The van der Waals surface area contributed by atoms with Gasteiger partial charge in [0.25, 0.3) is 11.5 Å². The minimum atomic E-state index is -0.867. The highest BCUT2D eigenvalue weighted by atomic mass is 19.1. The number of benzene rings is 2. The SMILES string of the molecule is O=C(c1c(O)c2ncc(Cc3ccc(F)cc3)cc2[nH]c1=O)N(CCO)c1ccc(F)cc1. The number of halogens is 2.